The Morgan fingerprint density at radius 3 is 2.57 bits per heavy atom. The summed E-state index contributed by atoms with van der Waals surface area (Å²) in [6, 6.07) is 8.51. The lowest BCUT2D eigenvalue weighted by molar-refractivity contribution is -0.138. The maximum atomic E-state index is 13.2. The van der Waals surface area contributed by atoms with Crippen LogP contribution in [0.2, 0.25) is 0 Å². The number of thiophene rings is 1. The lowest BCUT2D eigenvalue weighted by atomic mass is 10.0. The van der Waals surface area contributed by atoms with Crippen molar-refractivity contribution in [3.63, 3.8) is 0 Å². The van der Waals surface area contributed by atoms with E-state index in [1.54, 1.807) is 23.6 Å². The highest BCUT2D eigenvalue weighted by molar-refractivity contribution is 7.09. The third kappa shape index (κ3) is 4.16. The van der Waals surface area contributed by atoms with E-state index < -0.39 is 11.7 Å². The highest BCUT2D eigenvalue weighted by atomic mass is 32.1. The standard InChI is InChI=1S/C21H20F3N5S/c1-14-5-6-15(12-17(14)21(22,23)24)7-8-18-26-27-20(19-25-9-10-28(19)2)29(18)13-16-4-3-11-30-16/h3-6,9-12H,7-8,13H2,1-2H3. The van der Waals surface area contributed by atoms with Crippen molar-refractivity contribution in [3.05, 3.63) is 75.5 Å². The Labute approximate surface area is 175 Å². The van der Waals surface area contributed by atoms with Gasteiger partial charge in [0.05, 0.1) is 12.1 Å². The summed E-state index contributed by atoms with van der Waals surface area (Å²) in [5.41, 5.74) is 0.259. The van der Waals surface area contributed by atoms with Gasteiger partial charge >= 0.3 is 6.18 Å². The topological polar surface area (TPSA) is 48.5 Å². The predicted molar refractivity (Wildman–Crippen MR) is 109 cm³/mol. The van der Waals surface area contributed by atoms with Crippen molar-refractivity contribution >= 4 is 11.3 Å². The number of hydrogen-bond donors (Lipinski definition) is 0. The second-order valence-electron chi connectivity index (χ2n) is 7.11. The summed E-state index contributed by atoms with van der Waals surface area (Å²) in [7, 11) is 1.89. The predicted octanol–water partition coefficient (Wildman–Crippen LogP) is 4.90. The van der Waals surface area contributed by atoms with Crippen LogP contribution in [0.4, 0.5) is 13.2 Å². The fourth-order valence-electron chi connectivity index (χ4n) is 3.38. The van der Waals surface area contributed by atoms with Crippen LogP contribution in [0.5, 0.6) is 0 Å². The molecule has 4 aromatic rings. The first kappa shape index (κ1) is 20.3. The second kappa shape index (κ2) is 8.06. The smallest absolute Gasteiger partial charge is 0.331 e. The molecule has 0 aliphatic heterocycles. The van der Waals surface area contributed by atoms with Crippen LogP contribution in [-0.4, -0.2) is 24.3 Å². The van der Waals surface area contributed by atoms with Crippen LogP contribution >= 0.6 is 11.3 Å². The number of nitrogens with zero attached hydrogens (tertiary/aromatic N) is 5. The van der Waals surface area contributed by atoms with Gasteiger partial charge in [-0.3, -0.25) is 0 Å². The van der Waals surface area contributed by atoms with Crippen molar-refractivity contribution in [2.24, 2.45) is 7.05 Å². The highest BCUT2D eigenvalue weighted by Crippen LogP contribution is 2.32. The van der Waals surface area contributed by atoms with Gasteiger partial charge < -0.3 is 9.13 Å². The Morgan fingerprint density at radius 2 is 1.90 bits per heavy atom. The van der Waals surface area contributed by atoms with Crippen molar-refractivity contribution < 1.29 is 13.2 Å². The Hall–Kier alpha value is -2.94. The molecule has 0 fully saturated rings. The molecule has 0 aliphatic carbocycles. The largest absolute Gasteiger partial charge is 0.416 e. The first-order valence-corrected chi connectivity index (χ1v) is 10.3. The van der Waals surface area contributed by atoms with E-state index in [9.17, 15) is 13.2 Å². The zero-order chi connectivity index (χ0) is 21.3. The van der Waals surface area contributed by atoms with Gasteiger partial charge in [-0.25, -0.2) is 4.98 Å². The van der Waals surface area contributed by atoms with Gasteiger partial charge in [-0.1, -0.05) is 18.2 Å². The van der Waals surface area contributed by atoms with E-state index in [4.69, 9.17) is 0 Å². The molecule has 0 N–H and O–H groups in total. The van der Waals surface area contributed by atoms with Gasteiger partial charge in [0, 0.05) is 30.7 Å². The molecule has 3 aromatic heterocycles. The van der Waals surface area contributed by atoms with Gasteiger partial charge in [0.15, 0.2) is 11.6 Å². The second-order valence-corrected chi connectivity index (χ2v) is 8.15. The lowest BCUT2D eigenvalue weighted by Crippen LogP contribution is -2.10. The Bertz CT molecular complexity index is 1140. The molecule has 0 aliphatic rings. The SMILES string of the molecule is Cc1ccc(CCc2nnc(-c3nccn3C)n2Cc2cccs2)cc1C(F)(F)F. The minimum absolute atomic E-state index is 0.226. The van der Waals surface area contributed by atoms with Crippen molar-refractivity contribution in [1.82, 2.24) is 24.3 Å². The Balaban J connectivity index is 1.63. The number of aromatic nitrogens is 5. The summed E-state index contributed by atoms with van der Waals surface area (Å²) in [6.07, 6.45) is 0.0919. The van der Waals surface area contributed by atoms with E-state index in [1.165, 1.54) is 19.1 Å². The summed E-state index contributed by atoms with van der Waals surface area (Å²) in [6.45, 7) is 2.06. The molecule has 156 valence electrons. The maximum absolute atomic E-state index is 13.2. The Morgan fingerprint density at radius 1 is 1.07 bits per heavy atom. The molecule has 0 spiro atoms. The molecular formula is C21H20F3N5S. The fourth-order valence-corrected chi connectivity index (χ4v) is 4.07. The summed E-state index contributed by atoms with van der Waals surface area (Å²) < 4.78 is 43.6. The molecule has 5 nitrogen and oxygen atoms in total. The van der Waals surface area contributed by atoms with Crippen LogP contribution in [-0.2, 0) is 32.6 Å². The third-order valence-electron chi connectivity index (χ3n) is 4.99. The van der Waals surface area contributed by atoms with E-state index in [2.05, 4.69) is 15.2 Å². The molecule has 0 amide bonds. The molecule has 4 rings (SSSR count). The van der Waals surface area contributed by atoms with Crippen LogP contribution in [0.3, 0.4) is 0 Å². The first-order valence-electron chi connectivity index (χ1n) is 9.42. The molecule has 0 saturated carbocycles. The molecule has 0 saturated heterocycles. The lowest BCUT2D eigenvalue weighted by Gasteiger charge is -2.13. The number of imidazole rings is 1. The first-order chi connectivity index (χ1) is 14.3. The quantitative estimate of drug-likeness (QED) is 0.436. The molecule has 0 bridgehead atoms. The van der Waals surface area contributed by atoms with Gasteiger partial charge in [0.25, 0.3) is 0 Å². The number of rotatable bonds is 6. The monoisotopic (exact) mass is 431 g/mol. The van der Waals surface area contributed by atoms with Gasteiger partial charge in [-0.2, -0.15) is 13.2 Å². The van der Waals surface area contributed by atoms with Gasteiger partial charge in [0.2, 0.25) is 0 Å². The van der Waals surface area contributed by atoms with E-state index in [1.807, 2.05) is 39.9 Å². The van der Waals surface area contributed by atoms with E-state index in [0.717, 1.165) is 10.7 Å². The number of hydrogen-bond acceptors (Lipinski definition) is 4. The number of alkyl halides is 3. The molecule has 30 heavy (non-hydrogen) atoms. The van der Waals surface area contributed by atoms with Crippen molar-refractivity contribution in [2.45, 2.75) is 32.5 Å². The zero-order valence-corrected chi connectivity index (χ0v) is 17.3. The van der Waals surface area contributed by atoms with Crippen LogP contribution in [0, 0.1) is 6.92 Å². The van der Waals surface area contributed by atoms with Crippen LogP contribution < -0.4 is 0 Å². The van der Waals surface area contributed by atoms with Gasteiger partial charge in [-0.05, 0) is 42.0 Å². The van der Waals surface area contributed by atoms with Crippen LogP contribution in [0.15, 0.2) is 48.1 Å². The molecule has 3 heterocycles. The van der Waals surface area contributed by atoms with Crippen molar-refractivity contribution in [1.29, 1.82) is 0 Å². The van der Waals surface area contributed by atoms with Gasteiger partial charge in [0.1, 0.15) is 5.82 Å². The van der Waals surface area contributed by atoms with Crippen molar-refractivity contribution in [3.8, 4) is 11.6 Å². The van der Waals surface area contributed by atoms with E-state index in [0.29, 0.717) is 36.6 Å². The number of halogens is 3. The van der Waals surface area contributed by atoms with Crippen LogP contribution in [0.25, 0.3) is 11.6 Å². The molecule has 0 radical (unpaired) electrons. The minimum atomic E-state index is -4.36. The van der Waals surface area contributed by atoms with Crippen molar-refractivity contribution in [2.75, 3.05) is 0 Å². The van der Waals surface area contributed by atoms with Gasteiger partial charge in [-0.15, -0.1) is 21.5 Å². The Kier molecular flexibility index (Phi) is 5.46. The number of benzene rings is 1. The fraction of sp³-hybridized carbons (Fsp3) is 0.286. The summed E-state index contributed by atoms with van der Waals surface area (Å²) in [5.74, 6) is 2.06. The third-order valence-corrected chi connectivity index (χ3v) is 5.85. The molecule has 1 aromatic carbocycles. The average molecular weight is 431 g/mol. The van der Waals surface area contributed by atoms with E-state index >= 15 is 0 Å². The summed E-state index contributed by atoms with van der Waals surface area (Å²) >= 11 is 1.63. The maximum Gasteiger partial charge on any atom is 0.416 e. The molecule has 0 atom stereocenters. The molecule has 9 heteroatoms. The zero-order valence-electron chi connectivity index (χ0n) is 16.5. The minimum Gasteiger partial charge on any atom is -0.331 e. The normalized spacial score (nSPS) is 11.9. The molecular weight excluding hydrogens is 411 g/mol. The molecule has 0 unspecified atom stereocenters. The summed E-state index contributed by atoms with van der Waals surface area (Å²) in [4.78, 5) is 5.51. The average Bonchev–Trinajstić information content (AvgIpc) is 3.43. The highest BCUT2D eigenvalue weighted by Gasteiger charge is 2.32. The van der Waals surface area contributed by atoms with Crippen LogP contribution in [0.1, 0.15) is 27.4 Å². The van der Waals surface area contributed by atoms with E-state index in [-0.39, 0.29) is 5.56 Å². The number of aryl methyl sites for hydroxylation is 4. The summed E-state index contributed by atoms with van der Waals surface area (Å²) in [5, 5.41) is 10.7.